The Bertz CT molecular complexity index is 1100. The fraction of sp³-hybridized carbons (Fsp3) is 0.333. The van der Waals surface area contributed by atoms with Crippen molar-refractivity contribution in [1.82, 2.24) is 15.1 Å². The van der Waals surface area contributed by atoms with E-state index in [1.165, 1.54) is 32.1 Å². The zero-order chi connectivity index (χ0) is 26.2. The van der Waals surface area contributed by atoms with E-state index in [2.05, 4.69) is 11.9 Å². The molecular formula is C27H31N3O6. The summed E-state index contributed by atoms with van der Waals surface area (Å²) < 4.78 is 10.4. The lowest BCUT2D eigenvalue weighted by atomic mass is 9.98. The number of amides is 3. The van der Waals surface area contributed by atoms with E-state index in [1.54, 1.807) is 0 Å². The predicted molar refractivity (Wildman–Crippen MR) is 134 cm³/mol. The zero-order valence-electron chi connectivity index (χ0n) is 20.7. The van der Waals surface area contributed by atoms with Crippen molar-refractivity contribution in [3.63, 3.8) is 0 Å². The minimum absolute atomic E-state index is 0.00269. The minimum Gasteiger partial charge on any atom is -0.461 e. The highest BCUT2D eigenvalue weighted by Gasteiger charge is 2.32. The first-order chi connectivity index (χ1) is 17.2. The summed E-state index contributed by atoms with van der Waals surface area (Å²) in [5.41, 5.74) is 4.38. The molecule has 9 heteroatoms. The molecule has 0 unspecified atom stereocenters. The number of carbonyl (C=O) groups excluding carboxylic acids is 4. The molecule has 0 spiro atoms. The first kappa shape index (κ1) is 26.5. The number of carbonyl (C=O) groups is 4. The zero-order valence-corrected chi connectivity index (χ0v) is 20.7. The van der Waals surface area contributed by atoms with Crippen LogP contribution in [0.1, 0.15) is 23.5 Å². The van der Waals surface area contributed by atoms with E-state index >= 15 is 0 Å². The first-order valence-corrected chi connectivity index (χ1v) is 11.6. The molecule has 36 heavy (non-hydrogen) atoms. The molecule has 0 heterocycles. The van der Waals surface area contributed by atoms with E-state index in [0.717, 1.165) is 27.2 Å². The molecule has 3 amide bonds. The summed E-state index contributed by atoms with van der Waals surface area (Å²) in [6.45, 7) is 3.19. The second kappa shape index (κ2) is 12.0. The summed E-state index contributed by atoms with van der Waals surface area (Å²) >= 11 is 0. The number of likely N-dealkylation sites (N-methyl/N-ethyl adjacent to an activating group) is 2. The molecule has 1 aliphatic carbocycles. The Morgan fingerprint density at radius 2 is 1.56 bits per heavy atom. The predicted octanol–water partition coefficient (Wildman–Crippen LogP) is 2.56. The van der Waals surface area contributed by atoms with Crippen molar-refractivity contribution in [2.45, 2.75) is 18.4 Å². The van der Waals surface area contributed by atoms with Crippen molar-refractivity contribution in [2.75, 3.05) is 40.9 Å². The number of benzene rings is 2. The summed E-state index contributed by atoms with van der Waals surface area (Å²) in [6, 6.07) is 14.9. The molecule has 190 valence electrons. The van der Waals surface area contributed by atoms with Crippen LogP contribution in [0, 0.1) is 0 Å². The molecule has 1 atom stereocenters. The fourth-order valence-electron chi connectivity index (χ4n) is 4.15. The Morgan fingerprint density at radius 1 is 0.972 bits per heavy atom. The molecule has 0 aromatic heterocycles. The standard InChI is InChI=1S/C27H31N3O6/c1-5-14-35-25(32)15-23(26(33)29(2)3)30(4)24(31)16-28-27(34)36-17-22-20-12-8-6-10-18(20)19-11-7-9-13-21(19)22/h5-13,22-23H,1,14-17H2,2-4H3,(H,28,34)/t23-/m0/s1. The van der Waals surface area contributed by atoms with Gasteiger partial charge in [0.1, 0.15) is 25.8 Å². The number of rotatable bonds is 10. The van der Waals surface area contributed by atoms with Gasteiger partial charge in [0, 0.05) is 27.1 Å². The average molecular weight is 494 g/mol. The van der Waals surface area contributed by atoms with Crippen LogP contribution in [0.15, 0.2) is 61.2 Å². The number of hydrogen-bond acceptors (Lipinski definition) is 6. The van der Waals surface area contributed by atoms with Crippen molar-refractivity contribution >= 4 is 23.9 Å². The first-order valence-electron chi connectivity index (χ1n) is 11.6. The van der Waals surface area contributed by atoms with Crippen LogP contribution in [0.4, 0.5) is 4.79 Å². The Hall–Kier alpha value is -4.14. The third kappa shape index (κ3) is 6.10. The summed E-state index contributed by atoms with van der Waals surface area (Å²) in [7, 11) is 4.45. The van der Waals surface area contributed by atoms with Crippen LogP contribution in [0.5, 0.6) is 0 Å². The van der Waals surface area contributed by atoms with Gasteiger partial charge in [0.15, 0.2) is 0 Å². The summed E-state index contributed by atoms with van der Waals surface area (Å²) in [6.07, 6.45) is 0.339. The highest BCUT2D eigenvalue weighted by Crippen LogP contribution is 2.44. The monoisotopic (exact) mass is 493 g/mol. The molecule has 0 saturated heterocycles. The lowest BCUT2D eigenvalue weighted by Crippen LogP contribution is -2.51. The molecule has 0 radical (unpaired) electrons. The van der Waals surface area contributed by atoms with Gasteiger partial charge in [-0.05, 0) is 22.3 Å². The summed E-state index contributed by atoms with van der Waals surface area (Å²) in [4.78, 5) is 52.2. The third-order valence-corrected chi connectivity index (χ3v) is 6.04. The van der Waals surface area contributed by atoms with E-state index in [0.29, 0.717) is 0 Å². The SMILES string of the molecule is C=CCOC(=O)C[C@@H](C(=O)N(C)C)N(C)C(=O)CNC(=O)OCC1c2ccccc2-c2ccccc21. The van der Waals surface area contributed by atoms with Gasteiger partial charge in [0.05, 0.1) is 6.42 Å². The van der Waals surface area contributed by atoms with Crippen LogP contribution in [0.2, 0.25) is 0 Å². The van der Waals surface area contributed by atoms with Crippen LogP contribution in [0.25, 0.3) is 11.1 Å². The molecule has 9 nitrogen and oxygen atoms in total. The third-order valence-electron chi connectivity index (χ3n) is 6.04. The van der Waals surface area contributed by atoms with Gasteiger partial charge in [-0.3, -0.25) is 14.4 Å². The normalized spacial score (nSPS) is 12.5. The topological polar surface area (TPSA) is 105 Å². The van der Waals surface area contributed by atoms with Gasteiger partial charge in [0.25, 0.3) is 0 Å². The molecule has 3 rings (SSSR count). The van der Waals surface area contributed by atoms with Gasteiger partial charge in [0.2, 0.25) is 11.8 Å². The van der Waals surface area contributed by atoms with Crippen LogP contribution in [-0.2, 0) is 23.9 Å². The molecule has 0 aliphatic heterocycles. The van der Waals surface area contributed by atoms with E-state index in [-0.39, 0.29) is 25.6 Å². The maximum absolute atomic E-state index is 12.7. The highest BCUT2D eigenvalue weighted by molar-refractivity contribution is 5.92. The molecule has 2 aromatic rings. The summed E-state index contributed by atoms with van der Waals surface area (Å²) in [5.74, 6) is -1.74. The van der Waals surface area contributed by atoms with Crippen molar-refractivity contribution < 1.29 is 28.7 Å². The summed E-state index contributed by atoms with van der Waals surface area (Å²) in [5, 5.41) is 2.44. The van der Waals surface area contributed by atoms with Gasteiger partial charge in [-0.25, -0.2) is 4.79 Å². The molecular weight excluding hydrogens is 462 g/mol. The van der Waals surface area contributed by atoms with Crippen LogP contribution in [-0.4, -0.2) is 80.6 Å². The average Bonchev–Trinajstić information content (AvgIpc) is 3.20. The van der Waals surface area contributed by atoms with Gasteiger partial charge in [-0.2, -0.15) is 0 Å². The number of nitrogens with one attached hydrogen (secondary N) is 1. The van der Waals surface area contributed by atoms with Crippen molar-refractivity contribution in [1.29, 1.82) is 0 Å². The molecule has 0 fully saturated rings. The minimum atomic E-state index is -1.07. The van der Waals surface area contributed by atoms with Crippen LogP contribution >= 0.6 is 0 Å². The Kier molecular flexibility index (Phi) is 8.83. The second-order valence-electron chi connectivity index (χ2n) is 8.61. The lowest BCUT2D eigenvalue weighted by Gasteiger charge is -2.28. The smallest absolute Gasteiger partial charge is 0.407 e. The second-order valence-corrected chi connectivity index (χ2v) is 8.61. The lowest BCUT2D eigenvalue weighted by molar-refractivity contribution is -0.150. The number of hydrogen-bond donors (Lipinski definition) is 1. The molecule has 2 aromatic carbocycles. The van der Waals surface area contributed by atoms with Crippen molar-refractivity contribution in [3.8, 4) is 11.1 Å². The largest absolute Gasteiger partial charge is 0.461 e. The van der Waals surface area contributed by atoms with Gasteiger partial charge < -0.3 is 24.6 Å². The van der Waals surface area contributed by atoms with Crippen molar-refractivity contribution in [3.05, 3.63) is 72.3 Å². The van der Waals surface area contributed by atoms with E-state index < -0.39 is 36.5 Å². The number of nitrogens with zero attached hydrogens (tertiary/aromatic N) is 2. The number of fused-ring (bicyclic) bond motifs is 3. The maximum Gasteiger partial charge on any atom is 0.407 e. The van der Waals surface area contributed by atoms with E-state index in [9.17, 15) is 19.2 Å². The van der Waals surface area contributed by atoms with Crippen LogP contribution in [0.3, 0.4) is 0 Å². The highest BCUT2D eigenvalue weighted by atomic mass is 16.5. The molecule has 0 saturated carbocycles. The number of alkyl carbamates (subject to hydrolysis) is 1. The molecule has 0 bridgehead atoms. The fourth-order valence-corrected chi connectivity index (χ4v) is 4.15. The van der Waals surface area contributed by atoms with E-state index in [4.69, 9.17) is 9.47 Å². The quantitative estimate of drug-likeness (QED) is 0.403. The van der Waals surface area contributed by atoms with Gasteiger partial charge in [-0.1, -0.05) is 61.2 Å². The molecule has 1 aliphatic rings. The van der Waals surface area contributed by atoms with Crippen LogP contribution < -0.4 is 5.32 Å². The number of esters is 1. The Labute approximate surface area is 210 Å². The number of ether oxygens (including phenoxy) is 2. The Morgan fingerprint density at radius 3 is 2.11 bits per heavy atom. The maximum atomic E-state index is 12.7. The van der Waals surface area contributed by atoms with E-state index in [1.807, 2.05) is 48.5 Å². The Balaban J connectivity index is 1.57. The van der Waals surface area contributed by atoms with Gasteiger partial charge in [-0.15, -0.1) is 0 Å². The van der Waals surface area contributed by atoms with Crippen molar-refractivity contribution in [2.24, 2.45) is 0 Å². The molecule has 1 N–H and O–H groups in total. The van der Waals surface area contributed by atoms with Gasteiger partial charge >= 0.3 is 12.1 Å².